The molecule has 0 aliphatic carbocycles. The van der Waals surface area contributed by atoms with Crippen LogP contribution in [0.2, 0.25) is 0 Å². The monoisotopic (exact) mass is 268 g/mol. The second kappa shape index (κ2) is 6.35. The van der Waals surface area contributed by atoms with Crippen LogP contribution in [0.15, 0.2) is 42.5 Å². The Morgan fingerprint density at radius 2 is 1.70 bits per heavy atom. The first-order chi connectivity index (χ1) is 9.61. The van der Waals surface area contributed by atoms with Gasteiger partial charge in [-0.15, -0.1) is 0 Å². The van der Waals surface area contributed by atoms with E-state index in [2.05, 4.69) is 10.6 Å². The lowest BCUT2D eigenvalue weighted by molar-refractivity contribution is 0.102. The maximum absolute atomic E-state index is 12.4. The van der Waals surface area contributed by atoms with Crippen molar-refractivity contribution in [3.8, 4) is 0 Å². The van der Waals surface area contributed by atoms with Crippen LogP contribution in [0.1, 0.15) is 27.0 Å². The van der Waals surface area contributed by atoms with Crippen LogP contribution >= 0.6 is 0 Å². The van der Waals surface area contributed by atoms with Crippen LogP contribution in [0.25, 0.3) is 0 Å². The highest BCUT2D eigenvalue weighted by atomic mass is 16.1. The van der Waals surface area contributed by atoms with Crippen molar-refractivity contribution in [1.29, 1.82) is 0 Å². The van der Waals surface area contributed by atoms with Gasteiger partial charge in [-0.2, -0.15) is 0 Å². The number of amides is 1. The van der Waals surface area contributed by atoms with E-state index in [4.69, 9.17) is 0 Å². The predicted molar refractivity (Wildman–Crippen MR) is 83.1 cm³/mol. The van der Waals surface area contributed by atoms with Crippen LogP contribution in [0.5, 0.6) is 0 Å². The first-order valence-corrected chi connectivity index (χ1v) is 6.73. The van der Waals surface area contributed by atoms with Gasteiger partial charge in [0.2, 0.25) is 0 Å². The van der Waals surface area contributed by atoms with E-state index in [1.165, 1.54) is 0 Å². The Balaban J connectivity index is 2.21. The van der Waals surface area contributed by atoms with Gasteiger partial charge in [0, 0.05) is 17.8 Å². The van der Waals surface area contributed by atoms with Crippen LogP contribution in [-0.2, 0) is 6.54 Å². The Morgan fingerprint density at radius 1 is 1.05 bits per heavy atom. The fourth-order valence-electron chi connectivity index (χ4n) is 2.33. The molecular formula is C17H20N2O. The van der Waals surface area contributed by atoms with Crippen molar-refractivity contribution in [2.45, 2.75) is 20.4 Å². The minimum atomic E-state index is -0.0535. The molecule has 3 heteroatoms. The van der Waals surface area contributed by atoms with Gasteiger partial charge in [0.05, 0.1) is 0 Å². The molecule has 0 atom stereocenters. The van der Waals surface area contributed by atoms with Gasteiger partial charge in [-0.1, -0.05) is 30.3 Å². The highest BCUT2D eigenvalue weighted by molar-refractivity contribution is 6.06. The fourth-order valence-corrected chi connectivity index (χ4v) is 2.33. The molecule has 3 nitrogen and oxygen atoms in total. The third kappa shape index (κ3) is 3.25. The van der Waals surface area contributed by atoms with Crippen LogP contribution in [0, 0.1) is 13.8 Å². The van der Waals surface area contributed by atoms with E-state index >= 15 is 0 Å². The molecule has 0 saturated carbocycles. The summed E-state index contributed by atoms with van der Waals surface area (Å²) in [6, 6.07) is 13.8. The summed E-state index contributed by atoms with van der Waals surface area (Å²) in [6.07, 6.45) is 0. The molecule has 2 rings (SSSR count). The van der Waals surface area contributed by atoms with Gasteiger partial charge in [-0.25, -0.2) is 0 Å². The van der Waals surface area contributed by atoms with Crippen molar-refractivity contribution < 1.29 is 4.79 Å². The van der Waals surface area contributed by atoms with Gasteiger partial charge in [-0.05, 0) is 49.7 Å². The molecule has 0 aliphatic heterocycles. The molecule has 0 spiro atoms. The van der Waals surface area contributed by atoms with Crippen molar-refractivity contribution >= 4 is 11.6 Å². The molecule has 0 bridgehead atoms. The molecule has 0 unspecified atom stereocenters. The minimum Gasteiger partial charge on any atom is -0.322 e. The summed E-state index contributed by atoms with van der Waals surface area (Å²) >= 11 is 0. The molecule has 1 amide bonds. The van der Waals surface area contributed by atoms with Crippen molar-refractivity contribution in [1.82, 2.24) is 5.32 Å². The van der Waals surface area contributed by atoms with Crippen LogP contribution in [-0.4, -0.2) is 13.0 Å². The fraction of sp³-hybridized carbons (Fsp3) is 0.235. The lowest BCUT2D eigenvalue weighted by Gasteiger charge is -2.11. The zero-order valence-electron chi connectivity index (χ0n) is 12.2. The van der Waals surface area contributed by atoms with Crippen LogP contribution in [0.4, 0.5) is 5.69 Å². The highest BCUT2D eigenvalue weighted by Gasteiger charge is 2.11. The van der Waals surface area contributed by atoms with Gasteiger partial charge in [-0.3, -0.25) is 4.79 Å². The summed E-state index contributed by atoms with van der Waals surface area (Å²) in [6.45, 7) is 4.70. The molecule has 104 valence electrons. The highest BCUT2D eigenvalue weighted by Crippen LogP contribution is 2.17. The van der Waals surface area contributed by atoms with Crippen molar-refractivity contribution in [2.24, 2.45) is 0 Å². The number of anilines is 1. The summed E-state index contributed by atoms with van der Waals surface area (Å²) in [5.74, 6) is -0.0535. The number of hydrogen-bond acceptors (Lipinski definition) is 2. The number of nitrogens with one attached hydrogen (secondary N) is 2. The smallest absolute Gasteiger partial charge is 0.256 e. The first kappa shape index (κ1) is 14.3. The number of aryl methyl sites for hydroxylation is 2. The molecular weight excluding hydrogens is 248 g/mol. The summed E-state index contributed by atoms with van der Waals surface area (Å²) < 4.78 is 0. The standard InChI is InChI=1S/C17H20N2O/c1-12-6-4-7-13(2)16(12)17(20)19-15-9-5-8-14(10-15)11-18-3/h4-10,18H,11H2,1-3H3,(H,19,20). The van der Waals surface area contributed by atoms with Gasteiger partial charge in [0.15, 0.2) is 0 Å². The zero-order chi connectivity index (χ0) is 14.5. The number of rotatable bonds is 4. The van der Waals surface area contributed by atoms with Gasteiger partial charge in [0.25, 0.3) is 5.91 Å². The second-order valence-electron chi connectivity index (χ2n) is 4.95. The second-order valence-corrected chi connectivity index (χ2v) is 4.95. The van der Waals surface area contributed by atoms with Crippen LogP contribution in [0.3, 0.4) is 0 Å². The Bertz CT molecular complexity index is 600. The van der Waals surface area contributed by atoms with Gasteiger partial charge < -0.3 is 10.6 Å². The number of benzene rings is 2. The largest absolute Gasteiger partial charge is 0.322 e. The average Bonchev–Trinajstić information content (AvgIpc) is 2.39. The SMILES string of the molecule is CNCc1cccc(NC(=O)c2c(C)cccc2C)c1. The Labute approximate surface area is 120 Å². The molecule has 0 saturated heterocycles. The molecule has 2 N–H and O–H groups in total. The summed E-state index contributed by atoms with van der Waals surface area (Å²) in [5.41, 5.74) is 4.71. The normalized spacial score (nSPS) is 10.3. The third-order valence-corrected chi connectivity index (χ3v) is 3.27. The number of hydrogen-bond donors (Lipinski definition) is 2. The molecule has 0 aromatic heterocycles. The van der Waals surface area contributed by atoms with E-state index in [1.54, 1.807) is 0 Å². The van der Waals surface area contributed by atoms with E-state index in [-0.39, 0.29) is 5.91 Å². The van der Waals surface area contributed by atoms with E-state index in [0.717, 1.165) is 34.5 Å². The molecule has 0 fully saturated rings. The molecule has 0 aliphatic rings. The maximum Gasteiger partial charge on any atom is 0.256 e. The van der Waals surface area contributed by atoms with Crippen molar-refractivity contribution in [3.05, 3.63) is 64.7 Å². The summed E-state index contributed by atoms with van der Waals surface area (Å²) in [4.78, 5) is 12.4. The van der Waals surface area contributed by atoms with Crippen molar-refractivity contribution in [3.63, 3.8) is 0 Å². The van der Waals surface area contributed by atoms with Gasteiger partial charge in [0.1, 0.15) is 0 Å². The average molecular weight is 268 g/mol. The van der Waals surface area contributed by atoms with E-state index in [0.29, 0.717) is 0 Å². The lowest BCUT2D eigenvalue weighted by atomic mass is 10.0. The zero-order valence-corrected chi connectivity index (χ0v) is 12.2. The summed E-state index contributed by atoms with van der Waals surface area (Å²) in [5, 5.41) is 6.07. The van der Waals surface area contributed by atoms with Crippen molar-refractivity contribution in [2.75, 3.05) is 12.4 Å². The Kier molecular flexibility index (Phi) is 4.53. The molecule has 2 aromatic rings. The van der Waals surface area contributed by atoms with Crippen LogP contribution < -0.4 is 10.6 Å². The van der Waals surface area contributed by atoms with E-state index in [9.17, 15) is 4.79 Å². The predicted octanol–water partition coefficient (Wildman–Crippen LogP) is 3.28. The minimum absolute atomic E-state index is 0.0535. The Morgan fingerprint density at radius 3 is 2.35 bits per heavy atom. The maximum atomic E-state index is 12.4. The molecule has 0 heterocycles. The Hall–Kier alpha value is -2.13. The molecule has 0 radical (unpaired) electrons. The van der Waals surface area contributed by atoms with E-state index < -0.39 is 0 Å². The summed E-state index contributed by atoms with van der Waals surface area (Å²) in [7, 11) is 1.90. The third-order valence-electron chi connectivity index (χ3n) is 3.27. The first-order valence-electron chi connectivity index (χ1n) is 6.73. The lowest BCUT2D eigenvalue weighted by Crippen LogP contribution is -2.15. The number of carbonyl (C=O) groups is 1. The molecule has 20 heavy (non-hydrogen) atoms. The van der Waals surface area contributed by atoms with E-state index in [1.807, 2.05) is 63.4 Å². The quantitative estimate of drug-likeness (QED) is 0.893. The number of carbonyl (C=O) groups excluding carboxylic acids is 1. The molecule has 2 aromatic carbocycles. The topological polar surface area (TPSA) is 41.1 Å². The van der Waals surface area contributed by atoms with Gasteiger partial charge >= 0.3 is 0 Å².